The van der Waals surface area contributed by atoms with Gasteiger partial charge in [-0.3, -0.25) is 4.90 Å². The highest BCUT2D eigenvalue weighted by atomic mass is 79.9. The molecule has 1 fully saturated rings. The summed E-state index contributed by atoms with van der Waals surface area (Å²) in [5.74, 6) is 0. The summed E-state index contributed by atoms with van der Waals surface area (Å²) in [6.45, 7) is 3.47. The number of benzene rings is 1. The standard InChI is InChI=1S/C10H11BrN2O/c1-7-3-2-4-8(9(7)11)13-6-5-12-10(13)14/h2-4H,5-6H2,1H3,(H,12,14). The zero-order valence-corrected chi connectivity index (χ0v) is 9.47. The molecule has 0 bridgehead atoms. The van der Waals surface area contributed by atoms with Gasteiger partial charge in [0.05, 0.1) is 5.69 Å². The Morgan fingerprint density at radius 1 is 1.50 bits per heavy atom. The minimum atomic E-state index is -0.0173. The van der Waals surface area contributed by atoms with E-state index < -0.39 is 0 Å². The third kappa shape index (κ3) is 1.50. The fourth-order valence-electron chi connectivity index (χ4n) is 1.54. The van der Waals surface area contributed by atoms with Crippen LogP contribution in [-0.2, 0) is 0 Å². The first-order valence-corrected chi connectivity index (χ1v) is 5.30. The number of nitrogens with one attached hydrogen (secondary N) is 1. The number of halogens is 1. The summed E-state index contributed by atoms with van der Waals surface area (Å²) in [6, 6.07) is 5.90. The van der Waals surface area contributed by atoms with Gasteiger partial charge in [-0.1, -0.05) is 12.1 Å². The van der Waals surface area contributed by atoms with Crippen molar-refractivity contribution in [1.29, 1.82) is 0 Å². The number of rotatable bonds is 1. The number of nitrogens with zero attached hydrogens (tertiary/aromatic N) is 1. The van der Waals surface area contributed by atoms with E-state index in [1.807, 2.05) is 25.1 Å². The van der Waals surface area contributed by atoms with Crippen LogP contribution in [0.4, 0.5) is 10.5 Å². The summed E-state index contributed by atoms with van der Waals surface area (Å²) < 4.78 is 0.997. The van der Waals surface area contributed by atoms with Crippen LogP contribution in [0.2, 0.25) is 0 Å². The number of carbonyl (C=O) groups excluding carboxylic acids is 1. The van der Waals surface area contributed by atoms with Gasteiger partial charge in [0, 0.05) is 17.6 Å². The van der Waals surface area contributed by atoms with Crippen molar-refractivity contribution in [2.24, 2.45) is 0 Å². The first-order valence-electron chi connectivity index (χ1n) is 4.50. The lowest BCUT2D eigenvalue weighted by Gasteiger charge is -2.16. The fourth-order valence-corrected chi connectivity index (χ4v) is 2.02. The van der Waals surface area contributed by atoms with Gasteiger partial charge in [0.2, 0.25) is 0 Å². The number of amides is 2. The molecule has 2 rings (SSSR count). The largest absolute Gasteiger partial charge is 0.336 e. The molecule has 0 unspecified atom stereocenters. The molecular weight excluding hydrogens is 244 g/mol. The summed E-state index contributed by atoms with van der Waals surface area (Å²) in [5.41, 5.74) is 2.09. The number of urea groups is 1. The molecule has 1 heterocycles. The van der Waals surface area contributed by atoms with Crippen molar-refractivity contribution in [3.05, 3.63) is 28.2 Å². The van der Waals surface area contributed by atoms with Crippen LogP contribution >= 0.6 is 15.9 Å². The Bertz CT molecular complexity index is 378. The van der Waals surface area contributed by atoms with E-state index in [0.29, 0.717) is 0 Å². The summed E-state index contributed by atoms with van der Waals surface area (Å²) >= 11 is 3.50. The molecule has 0 radical (unpaired) electrons. The topological polar surface area (TPSA) is 32.3 Å². The lowest BCUT2D eigenvalue weighted by atomic mass is 10.2. The average molecular weight is 255 g/mol. The van der Waals surface area contributed by atoms with Crippen LogP contribution in [0.25, 0.3) is 0 Å². The van der Waals surface area contributed by atoms with Crippen molar-refractivity contribution >= 4 is 27.6 Å². The molecule has 1 N–H and O–H groups in total. The molecule has 0 saturated carbocycles. The van der Waals surface area contributed by atoms with Crippen molar-refractivity contribution in [2.45, 2.75) is 6.92 Å². The molecule has 2 amide bonds. The lowest BCUT2D eigenvalue weighted by molar-refractivity contribution is 0.252. The molecule has 0 aliphatic carbocycles. The second kappa shape index (κ2) is 3.61. The third-order valence-corrected chi connectivity index (χ3v) is 3.35. The molecule has 1 aliphatic rings. The molecular formula is C10H11BrN2O. The quantitative estimate of drug-likeness (QED) is 0.820. The second-order valence-corrected chi connectivity index (χ2v) is 4.08. The van der Waals surface area contributed by atoms with Crippen molar-refractivity contribution < 1.29 is 4.79 Å². The molecule has 0 atom stereocenters. The Morgan fingerprint density at radius 2 is 2.29 bits per heavy atom. The summed E-state index contributed by atoms with van der Waals surface area (Å²) in [5, 5.41) is 2.78. The highest BCUT2D eigenvalue weighted by Gasteiger charge is 2.22. The van der Waals surface area contributed by atoms with Crippen LogP contribution in [0.5, 0.6) is 0 Å². The van der Waals surface area contributed by atoms with Crippen molar-refractivity contribution in [2.75, 3.05) is 18.0 Å². The Labute approximate surface area is 91.2 Å². The molecule has 4 heteroatoms. The number of anilines is 1. The Morgan fingerprint density at radius 3 is 2.93 bits per heavy atom. The second-order valence-electron chi connectivity index (χ2n) is 3.29. The molecule has 74 valence electrons. The molecule has 1 aromatic rings. The van der Waals surface area contributed by atoms with E-state index >= 15 is 0 Å². The maximum Gasteiger partial charge on any atom is 0.322 e. The maximum absolute atomic E-state index is 11.4. The SMILES string of the molecule is Cc1cccc(N2CCNC2=O)c1Br. The summed E-state index contributed by atoms with van der Waals surface area (Å²) in [6.07, 6.45) is 0. The molecule has 1 aliphatic heterocycles. The lowest BCUT2D eigenvalue weighted by Crippen LogP contribution is -2.28. The smallest absolute Gasteiger partial charge is 0.322 e. The predicted octanol–water partition coefficient (Wildman–Crippen LogP) is 2.29. The molecule has 3 nitrogen and oxygen atoms in total. The highest BCUT2D eigenvalue weighted by Crippen LogP contribution is 2.29. The highest BCUT2D eigenvalue weighted by molar-refractivity contribution is 9.10. The number of aryl methyl sites for hydroxylation is 1. The summed E-state index contributed by atoms with van der Waals surface area (Å²) in [7, 11) is 0. The van der Waals surface area contributed by atoms with Gasteiger partial charge in [-0.2, -0.15) is 0 Å². The zero-order chi connectivity index (χ0) is 10.1. The van der Waals surface area contributed by atoms with Gasteiger partial charge < -0.3 is 5.32 Å². The van der Waals surface area contributed by atoms with E-state index in [1.54, 1.807) is 4.90 Å². The van der Waals surface area contributed by atoms with Gasteiger partial charge in [0.25, 0.3) is 0 Å². The summed E-state index contributed by atoms with van der Waals surface area (Å²) in [4.78, 5) is 13.2. The molecule has 14 heavy (non-hydrogen) atoms. The Kier molecular flexibility index (Phi) is 2.46. The molecule has 0 spiro atoms. The zero-order valence-electron chi connectivity index (χ0n) is 7.88. The van der Waals surface area contributed by atoms with Crippen LogP contribution in [0.1, 0.15) is 5.56 Å². The van der Waals surface area contributed by atoms with E-state index in [9.17, 15) is 4.79 Å². The first kappa shape index (κ1) is 9.52. The van der Waals surface area contributed by atoms with Crippen molar-refractivity contribution in [1.82, 2.24) is 5.32 Å². The van der Waals surface area contributed by atoms with Gasteiger partial charge in [-0.15, -0.1) is 0 Å². The van der Waals surface area contributed by atoms with Crippen molar-refractivity contribution in [3.63, 3.8) is 0 Å². The fraction of sp³-hybridized carbons (Fsp3) is 0.300. The van der Waals surface area contributed by atoms with Crippen LogP contribution in [0, 0.1) is 6.92 Å². The van der Waals surface area contributed by atoms with Crippen LogP contribution in [0.15, 0.2) is 22.7 Å². The van der Waals surface area contributed by atoms with Crippen LogP contribution in [-0.4, -0.2) is 19.1 Å². The normalized spacial score (nSPS) is 15.9. The molecule has 0 aromatic heterocycles. The first-order chi connectivity index (χ1) is 6.70. The van der Waals surface area contributed by atoms with Gasteiger partial charge >= 0.3 is 6.03 Å². The molecule has 1 aromatic carbocycles. The van der Waals surface area contributed by atoms with E-state index in [2.05, 4.69) is 21.2 Å². The third-order valence-electron chi connectivity index (χ3n) is 2.32. The average Bonchev–Trinajstić information content (AvgIpc) is 2.57. The number of hydrogen-bond donors (Lipinski definition) is 1. The van der Waals surface area contributed by atoms with Crippen LogP contribution < -0.4 is 10.2 Å². The van der Waals surface area contributed by atoms with E-state index in [4.69, 9.17) is 0 Å². The van der Waals surface area contributed by atoms with Gasteiger partial charge in [-0.25, -0.2) is 4.79 Å². The van der Waals surface area contributed by atoms with Gasteiger partial charge in [0.15, 0.2) is 0 Å². The predicted molar refractivity (Wildman–Crippen MR) is 59.6 cm³/mol. The van der Waals surface area contributed by atoms with Gasteiger partial charge in [0.1, 0.15) is 0 Å². The van der Waals surface area contributed by atoms with Crippen LogP contribution in [0.3, 0.4) is 0 Å². The van der Waals surface area contributed by atoms with Crippen molar-refractivity contribution in [3.8, 4) is 0 Å². The molecule has 1 saturated heterocycles. The number of carbonyl (C=O) groups is 1. The minimum Gasteiger partial charge on any atom is -0.336 e. The maximum atomic E-state index is 11.4. The van der Waals surface area contributed by atoms with Gasteiger partial charge in [-0.05, 0) is 34.5 Å². The Hall–Kier alpha value is -1.03. The number of hydrogen-bond acceptors (Lipinski definition) is 1. The van der Waals surface area contributed by atoms with E-state index in [0.717, 1.165) is 28.8 Å². The minimum absolute atomic E-state index is 0.0173. The van der Waals surface area contributed by atoms with E-state index in [-0.39, 0.29) is 6.03 Å². The van der Waals surface area contributed by atoms with E-state index in [1.165, 1.54) is 0 Å². The monoisotopic (exact) mass is 254 g/mol. The Balaban J connectivity index is 2.41.